The molecule has 1 fully saturated rings. The molecular weight excluding hydrogens is 369 g/mol. The van der Waals surface area contributed by atoms with Crippen LogP contribution in [-0.2, 0) is 4.74 Å². The van der Waals surface area contributed by atoms with Crippen LogP contribution in [0.15, 0.2) is 24.4 Å². The summed E-state index contributed by atoms with van der Waals surface area (Å²) in [6, 6.07) is 5.47. The van der Waals surface area contributed by atoms with Gasteiger partial charge in [-0.05, 0) is 66.5 Å². The van der Waals surface area contributed by atoms with Crippen LogP contribution in [0.1, 0.15) is 41.6 Å². The van der Waals surface area contributed by atoms with Crippen molar-refractivity contribution in [2.24, 2.45) is 0 Å². The van der Waals surface area contributed by atoms with E-state index in [1.165, 1.54) is 0 Å². The average Bonchev–Trinajstić information content (AvgIpc) is 3.22. The van der Waals surface area contributed by atoms with Gasteiger partial charge in [-0.15, -0.1) is 0 Å². The molecule has 0 saturated heterocycles. The Morgan fingerprint density at radius 1 is 1.45 bits per heavy atom. The van der Waals surface area contributed by atoms with Crippen molar-refractivity contribution >= 4 is 39.5 Å². The van der Waals surface area contributed by atoms with Gasteiger partial charge in [0, 0.05) is 10.9 Å². The van der Waals surface area contributed by atoms with Crippen LogP contribution in [-0.4, -0.2) is 12.6 Å². The van der Waals surface area contributed by atoms with E-state index < -0.39 is 0 Å². The zero-order valence-corrected chi connectivity index (χ0v) is 13.2. The lowest BCUT2D eigenvalue weighted by Crippen LogP contribution is -2.28. The van der Waals surface area contributed by atoms with E-state index >= 15 is 0 Å². The molecule has 0 amide bonds. The highest BCUT2D eigenvalue weighted by molar-refractivity contribution is 14.1. The van der Waals surface area contributed by atoms with Crippen LogP contribution >= 0.6 is 22.6 Å². The summed E-state index contributed by atoms with van der Waals surface area (Å²) >= 11 is 2.09. The molecule has 0 N–H and O–H groups in total. The van der Waals surface area contributed by atoms with E-state index in [1.54, 1.807) is 25.3 Å². The molecule has 1 aliphatic carbocycles. The Bertz CT molecular complexity index is 695. The number of hydrogen-bond donors (Lipinski definition) is 0. The van der Waals surface area contributed by atoms with E-state index in [-0.39, 0.29) is 5.97 Å². The van der Waals surface area contributed by atoms with E-state index in [2.05, 4.69) is 22.6 Å². The summed E-state index contributed by atoms with van der Waals surface area (Å²) in [5, 5.41) is 13.0. The van der Waals surface area contributed by atoms with Crippen molar-refractivity contribution in [1.29, 1.82) is 0 Å². The number of benzene rings is 1. The van der Waals surface area contributed by atoms with Gasteiger partial charge in [0.25, 0.3) is 0 Å². The maximum absolute atomic E-state index is 12.2. The molecule has 0 radical (unpaired) electrons. The van der Waals surface area contributed by atoms with Gasteiger partial charge in [0.2, 0.25) is 5.52 Å². The predicted molar refractivity (Wildman–Crippen MR) is 83.6 cm³/mol. The van der Waals surface area contributed by atoms with Crippen LogP contribution in [0.3, 0.4) is 0 Å². The van der Waals surface area contributed by atoms with Gasteiger partial charge in [0.15, 0.2) is 6.20 Å². The maximum atomic E-state index is 12.2. The number of aromatic nitrogens is 1. The minimum Gasteiger partial charge on any atom is -0.618 e. The van der Waals surface area contributed by atoms with Crippen molar-refractivity contribution in [1.82, 2.24) is 0 Å². The van der Waals surface area contributed by atoms with Crippen molar-refractivity contribution < 1.29 is 14.3 Å². The molecule has 0 atom stereocenters. The summed E-state index contributed by atoms with van der Waals surface area (Å²) in [6.07, 6.45) is 3.94. The minimum atomic E-state index is -0.346. The number of esters is 1. The molecule has 0 aliphatic heterocycles. The lowest BCUT2D eigenvalue weighted by molar-refractivity contribution is -0.577. The van der Waals surface area contributed by atoms with E-state index in [0.717, 1.165) is 32.1 Å². The van der Waals surface area contributed by atoms with Crippen LogP contribution in [0.25, 0.3) is 10.9 Å². The Hall–Kier alpha value is -1.37. The molecule has 104 valence electrons. The number of carbonyl (C=O) groups excluding carboxylic acids is 1. The van der Waals surface area contributed by atoms with E-state index in [1.807, 2.05) is 6.07 Å². The number of pyridine rings is 1. The fourth-order valence-corrected chi connectivity index (χ4v) is 3.24. The second-order valence-electron chi connectivity index (χ2n) is 4.99. The standard InChI is InChI=1S/C15H14INO3/c1-2-20-15(18)11-5-10-6-12(9-3-4-9)8-17(19)14(10)13(16)7-11/h5-9H,2-4H2,1H3. The minimum absolute atomic E-state index is 0.344. The number of hydrogen-bond acceptors (Lipinski definition) is 3. The van der Waals surface area contributed by atoms with Gasteiger partial charge < -0.3 is 9.94 Å². The molecule has 1 aliphatic rings. The molecule has 0 unspecified atom stereocenters. The number of ether oxygens (including phenoxy) is 1. The molecule has 5 heteroatoms. The van der Waals surface area contributed by atoms with Crippen molar-refractivity contribution in [3.8, 4) is 0 Å². The lowest BCUT2D eigenvalue weighted by atomic mass is 10.1. The summed E-state index contributed by atoms with van der Waals surface area (Å²) in [4.78, 5) is 11.8. The quantitative estimate of drug-likeness (QED) is 0.354. The van der Waals surface area contributed by atoms with Crippen molar-refractivity contribution in [2.45, 2.75) is 25.7 Å². The zero-order chi connectivity index (χ0) is 14.3. The Morgan fingerprint density at radius 3 is 2.85 bits per heavy atom. The first-order valence-electron chi connectivity index (χ1n) is 6.63. The van der Waals surface area contributed by atoms with Crippen molar-refractivity contribution in [3.63, 3.8) is 0 Å². The molecule has 1 aromatic carbocycles. The zero-order valence-electron chi connectivity index (χ0n) is 11.1. The van der Waals surface area contributed by atoms with Crippen molar-refractivity contribution in [3.05, 3.63) is 44.3 Å². The van der Waals surface area contributed by atoms with Crippen LogP contribution < -0.4 is 4.73 Å². The Labute approximate surface area is 130 Å². The summed E-state index contributed by atoms with van der Waals surface area (Å²) in [7, 11) is 0. The molecule has 1 aromatic heterocycles. The molecule has 1 saturated carbocycles. The van der Waals surface area contributed by atoms with Gasteiger partial charge in [-0.1, -0.05) is 0 Å². The van der Waals surface area contributed by atoms with E-state index in [0.29, 0.717) is 23.6 Å². The predicted octanol–water partition coefficient (Wildman–Crippen LogP) is 3.13. The molecule has 20 heavy (non-hydrogen) atoms. The summed E-state index contributed by atoms with van der Waals surface area (Å²) in [5.74, 6) is 0.158. The van der Waals surface area contributed by atoms with Gasteiger partial charge in [0.05, 0.1) is 15.7 Å². The third kappa shape index (κ3) is 2.46. The number of rotatable bonds is 3. The fraction of sp³-hybridized carbons (Fsp3) is 0.333. The average molecular weight is 383 g/mol. The van der Waals surface area contributed by atoms with Crippen LogP contribution in [0.4, 0.5) is 0 Å². The molecule has 1 heterocycles. The van der Waals surface area contributed by atoms with Crippen LogP contribution in [0, 0.1) is 8.78 Å². The molecular formula is C15H14INO3. The fourth-order valence-electron chi connectivity index (χ4n) is 2.35. The maximum Gasteiger partial charge on any atom is 0.338 e. The molecule has 0 spiro atoms. The largest absolute Gasteiger partial charge is 0.618 e. The first-order valence-corrected chi connectivity index (χ1v) is 7.71. The van der Waals surface area contributed by atoms with Gasteiger partial charge in [-0.2, -0.15) is 4.73 Å². The first kappa shape index (κ1) is 13.6. The van der Waals surface area contributed by atoms with Gasteiger partial charge in [0.1, 0.15) is 0 Å². The first-order chi connectivity index (χ1) is 9.60. The van der Waals surface area contributed by atoms with Crippen LogP contribution in [0.5, 0.6) is 0 Å². The topological polar surface area (TPSA) is 53.2 Å². The number of nitrogens with zero attached hydrogens (tertiary/aromatic N) is 1. The third-order valence-corrected chi connectivity index (χ3v) is 4.28. The Kier molecular flexibility index (Phi) is 3.54. The SMILES string of the molecule is CCOC(=O)c1cc(I)c2c(c1)cc(C1CC1)c[n+]2[O-]. The van der Waals surface area contributed by atoms with Gasteiger partial charge in [-0.3, -0.25) is 0 Å². The normalized spacial score (nSPS) is 14.5. The number of carbonyl (C=O) groups is 1. The number of halogens is 1. The van der Waals surface area contributed by atoms with Crippen LogP contribution in [0.2, 0.25) is 0 Å². The molecule has 2 aromatic rings. The summed E-state index contributed by atoms with van der Waals surface area (Å²) < 4.78 is 6.71. The third-order valence-electron chi connectivity index (χ3n) is 3.46. The summed E-state index contributed by atoms with van der Waals surface area (Å²) in [6.45, 7) is 2.12. The van der Waals surface area contributed by atoms with Gasteiger partial charge >= 0.3 is 5.97 Å². The lowest BCUT2D eigenvalue weighted by Gasteiger charge is -2.08. The van der Waals surface area contributed by atoms with Gasteiger partial charge in [-0.25, -0.2) is 4.79 Å². The molecule has 4 nitrogen and oxygen atoms in total. The van der Waals surface area contributed by atoms with E-state index in [4.69, 9.17) is 4.74 Å². The Morgan fingerprint density at radius 2 is 2.20 bits per heavy atom. The second kappa shape index (κ2) is 5.20. The highest BCUT2D eigenvalue weighted by Gasteiger charge is 2.27. The monoisotopic (exact) mass is 383 g/mol. The smallest absolute Gasteiger partial charge is 0.338 e. The van der Waals surface area contributed by atoms with E-state index in [9.17, 15) is 10.0 Å². The Balaban J connectivity index is 2.15. The molecule has 3 rings (SSSR count). The van der Waals surface area contributed by atoms with Crippen molar-refractivity contribution in [2.75, 3.05) is 6.61 Å². The molecule has 0 bridgehead atoms. The number of fused-ring (bicyclic) bond motifs is 1. The highest BCUT2D eigenvalue weighted by atomic mass is 127. The summed E-state index contributed by atoms with van der Waals surface area (Å²) in [5.41, 5.74) is 2.17. The highest BCUT2D eigenvalue weighted by Crippen LogP contribution is 2.40. The second-order valence-corrected chi connectivity index (χ2v) is 6.15.